The van der Waals surface area contributed by atoms with Gasteiger partial charge in [0.15, 0.2) is 6.29 Å². The van der Waals surface area contributed by atoms with E-state index in [9.17, 15) is 15.0 Å². The summed E-state index contributed by atoms with van der Waals surface area (Å²) < 4.78 is 12.8. The second-order valence-electron chi connectivity index (χ2n) is 9.01. The summed E-state index contributed by atoms with van der Waals surface area (Å²) in [5.74, 6) is 0. The van der Waals surface area contributed by atoms with E-state index in [-0.39, 0.29) is 30.9 Å². The van der Waals surface area contributed by atoms with E-state index in [1.54, 1.807) is 0 Å². The van der Waals surface area contributed by atoms with Gasteiger partial charge in [-0.3, -0.25) is 4.90 Å². The summed E-state index contributed by atoms with van der Waals surface area (Å²) in [5.41, 5.74) is 3.83. The molecule has 2 aliphatic heterocycles. The maximum Gasteiger partial charge on any atom is 0.315 e. The third-order valence-electron chi connectivity index (χ3n) is 6.37. The first-order valence-corrected chi connectivity index (χ1v) is 12.1. The number of hydrogen-bond acceptors (Lipinski definition) is 6. The van der Waals surface area contributed by atoms with Crippen LogP contribution in [0.3, 0.4) is 0 Å². The Bertz CT molecular complexity index is 921. The van der Waals surface area contributed by atoms with Crippen molar-refractivity contribution in [2.45, 2.75) is 57.5 Å². The number of aliphatic hydroxyl groups excluding tert-OH is 2. The van der Waals surface area contributed by atoms with E-state index in [4.69, 9.17) is 9.47 Å². The van der Waals surface area contributed by atoms with Crippen molar-refractivity contribution >= 4 is 6.03 Å². The van der Waals surface area contributed by atoms with E-state index in [1.165, 1.54) is 0 Å². The molecule has 2 amide bonds. The molecule has 2 aliphatic rings. The van der Waals surface area contributed by atoms with Gasteiger partial charge >= 0.3 is 6.03 Å². The minimum Gasteiger partial charge on any atom is -0.392 e. The summed E-state index contributed by atoms with van der Waals surface area (Å²) in [7, 11) is 0. The molecular weight excluding hydrogens is 434 g/mol. The summed E-state index contributed by atoms with van der Waals surface area (Å²) in [6.07, 6.45) is 0.562. The van der Waals surface area contributed by atoms with E-state index in [0.29, 0.717) is 19.6 Å². The lowest BCUT2D eigenvalue weighted by molar-refractivity contribution is -0.252. The molecule has 184 valence electrons. The lowest BCUT2D eigenvalue weighted by Crippen LogP contribution is -2.38. The number of ether oxygens (including phenoxy) is 2. The van der Waals surface area contributed by atoms with Crippen molar-refractivity contribution in [3.05, 3.63) is 70.8 Å². The molecule has 4 rings (SSSR count). The van der Waals surface area contributed by atoms with Gasteiger partial charge in [0.1, 0.15) is 0 Å². The number of hydrogen-bond donors (Lipinski definition) is 4. The fourth-order valence-electron chi connectivity index (χ4n) is 4.50. The number of carbonyl (C=O) groups is 1. The van der Waals surface area contributed by atoms with Gasteiger partial charge in [0.2, 0.25) is 0 Å². The summed E-state index contributed by atoms with van der Waals surface area (Å²) >= 11 is 0. The monoisotopic (exact) mass is 469 g/mol. The molecule has 8 nitrogen and oxygen atoms in total. The molecule has 2 aromatic rings. The van der Waals surface area contributed by atoms with Gasteiger partial charge in [0.25, 0.3) is 0 Å². The van der Waals surface area contributed by atoms with Crippen LogP contribution in [0.25, 0.3) is 0 Å². The molecule has 0 bridgehead atoms. The lowest BCUT2D eigenvalue weighted by Gasteiger charge is -2.37. The maximum atomic E-state index is 11.6. The maximum absolute atomic E-state index is 11.6. The van der Waals surface area contributed by atoms with E-state index < -0.39 is 6.29 Å². The standard InChI is InChI=1S/C26H35N3O5/c1-2-27-26(32)28-14-18-3-9-21(10-4-18)25-33-23(16-29-12-11-22(31)15-29)13-24(34-25)20-7-5-19(17-30)6-8-20/h3-10,22-25,30-31H,2,11-17H2,1H3,(H2,27,28,32)/t22-,23+,24-,25?/m1/s1. The van der Waals surface area contributed by atoms with Crippen LogP contribution in [-0.4, -0.2) is 59.5 Å². The summed E-state index contributed by atoms with van der Waals surface area (Å²) in [5, 5.41) is 24.8. The molecular formula is C26H35N3O5. The van der Waals surface area contributed by atoms with Crippen molar-refractivity contribution in [3.63, 3.8) is 0 Å². The molecule has 4 atom stereocenters. The Morgan fingerprint density at radius 2 is 1.74 bits per heavy atom. The van der Waals surface area contributed by atoms with E-state index in [2.05, 4.69) is 15.5 Å². The quantitative estimate of drug-likeness (QED) is 0.474. The van der Waals surface area contributed by atoms with E-state index >= 15 is 0 Å². The minimum absolute atomic E-state index is 0.0127. The molecule has 2 saturated heterocycles. The molecule has 2 aromatic carbocycles. The van der Waals surface area contributed by atoms with Gasteiger partial charge in [-0.1, -0.05) is 48.5 Å². The van der Waals surface area contributed by atoms with Crippen LogP contribution >= 0.6 is 0 Å². The lowest BCUT2D eigenvalue weighted by atomic mass is 9.99. The Morgan fingerprint density at radius 3 is 2.38 bits per heavy atom. The number of likely N-dealkylation sites (tertiary alicyclic amines) is 1. The zero-order valence-corrected chi connectivity index (χ0v) is 19.7. The first-order chi connectivity index (χ1) is 16.5. The van der Waals surface area contributed by atoms with Crippen molar-refractivity contribution in [2.75, 3.05) is 26.2 Å². The van der Waals surface area contributed by atoms with Gasteiger partial charge in [0.05, 0.1) is 24.9 Å². The van der Waals surface area contributed by atoms with Crippen LogP contribution in [0.1, 0.15) is 54.4 Å². The molecule has 0 radical (unpaired) electrons. The second-order valence-corrected chi connectivity index (χ2v) is 9.01. The van der Waals surface area contributed by atoms with Crippen molar-refractivity contribution in [2.24, 2.45) is 0 Å². The number of carbonyl (C=O) groups excluding carboxylic acids is 1. The number of rotatable bonds is 8. The van der Waals surface area contributed by atoms with Crippen LogP contribution in [0.15, 0.2) is 48.5 Å². The van der Waals surface area contributed by atoms with Crippen molar-refractivity contribution < 1.29 is 24.5 Å². The Labute approximate surface area is 200 Å². The van der Waals surface area contributed by atoms with Crippen LogP contribution < -0.4 is 10.6 Å². The van der Waals surface area contributed by atoms with Gasteiger partial charge < -0.3 is 30.3 Å². The number of β-amino-alcohol motifs (C(OH)–C–C–N with tert-alkyl or cyclic N) is 1. The average Bonchev–Trinajstić information content (AvgIpc) is 3.27. The van der Waals surface area contributed by atoms with Crippen LogP contribution in [-0.2, 0) is 22.6 Å². The summed E-state index contributed by atoms with van der Waals surface area (Å²) in [6.45, 7) is 5.21. The molecule has 1 unspecified atom stereocenters. The van der Waals surface area contributed by atoms with Gasteiger partial charge in [-0.25, -0.2) is 4.79 Å². The predicted molar refractivity (Wildman–Crippen MR) is 128 cm³/mol. The van der Waals surface area contributed by atoms with Crippen LogP contribution in [0.4, 0.5) is 4.79 Å². The molecule has 0 saturated carbocycles. The van der Waals surface area contributed by atoms with Crippen molar-refractivity contribution in [1.29, 1.82) is 0 Å². The zero-order valence-electron chi connectivity index (χ0n) is 19.7. The van der Waals surface area contributed by atoms with Crippen molar-refractivity contribution in [1.82, 2.24) is 15.5 Å². The van der Waals surface area contributed by atoms with Gasteiger partial charge in [-0.05, 0) is 30.0 Å². The van der Waals surface area contributed by atoms with E-state index in [0.717, 1.165) is 48.2 Å². The van der Waals surface area contributed by atoms with E-state index in [1.807, 2.05) is 55.5 Å². The molecule has 8 heteroatoms. The molecule has 0 spiro atoms. The highest BCUT2D eigenvalue weighted by Gasteiger charge is 2.34. The van der Waals surface area contributed by atoms with Crippen LogP contribution in [0.5, 0.6) is 0 Å². The Morgan fingerprint density at radius 1 is 1.03 bits per heavy atom. The second kappa shape index (κ2) is 11.8. The fraction of sp³-hybridized carbons (Fsp3) is 0.500. The highest BCUT2D eigenvalue weighted by atomic mass is 16.7. The average molecular weight is 470 g/mol. The van der Waals surface area contributed by atoms with Gasteiger partial charge in [-0.15, -0.1) is 0 Å². The van der Waals surface area contributed by atoms with Crippen LogP contribution in [0, 0.1) is 0 Å². The normalized spacial score (nSPS) is 25.3. The Kier molecular flexibility index (Phi) is 8.53. The molecule has 4 N–H and O–H groups in total. The molecule has 34 heavy (non-hydrogen) atoms. The molecule has 2 fully saturated rings. The molecule has 0 aliphatic carbocycles. The SMILES string of the molecule is CCNC(=O)NCc1ccc(C2O[C@H](CN3CC[C@@H](O)C3)C[C@H](c3ccc(CO)cc3)O2)cc1. The Balaban J connectivity index is 1.46. The number of amides is 2. The largest absolute Gasteiger partial charge is 0.392 e. The van der Waals surface area contributed by atoms with Crippen LogP contribution in [0.2, 0.25) is 0 Å². The molecule has 0 aromatic heterocycles. The number of nitrogens with one attached hydrogen (secondary N) is 2. The third-order valence-corrected chi connectivity index (χ3v) is 6.37. The number of aliphatic hydroxyl groups is 2. The smallest absolute Gasteiger partial charge is 0.315 e. The highest BCUT2D eigenvalue weighted by Crippen LogP contribution is 2.38. The first kappa shape index (κ1) is 24.6. The first-order valence-electron chi connectivity index (χ1n) is 12.1. The third kappa shape index (κ3) is 6.55. The van der Waals surface area contributed by atoms with Crippen molar-refractivity contribution in [3.8, 4) is 0 Å². The Hall–Kier alpha value is -2.49. The number of nitrogens with zero attached hydrogens (tertiary/aromatic N) is 1. The van der Waals surface area contributed by atoms with Gasteiger partial charge in [0, 0.05) is 44.7 Å². The summed E-state index contributed by atoms with van der Waals surface area (Å²) in [6, 6.07) is 15.6. The number of urea groups is 1. The number of benzene rings is 2. The minimum atomic E-state index is -0.515. The predicted octanol–water partition coefficient (Wildman–Crippen LogP) is 2.61. The molecule has 2 heterocycles. The zero-order chi connectivity index (χ0) is 23.9. The highest BCUT2D eigenvalue weighted by molar-refractivity contribution is 5.73. The fourth-order valence-corrected chi connectivity index (χ4v) is 4.50. The topological polar surface area (TPSA) is 103 Å². The summed E-state index contributed by atoms with van der Waals surface area (Å²) in [4.78, 5) is 13.9. The van der Waals surface area contributed by atoms with Gasteiger partial charge in [-0.2, -0.15) is 0 Å².